The van der Waals surface area contributed by atoms with Gasteiger partial charge in [-0.15, -0.1) is 0 Å². The van der Waals surface area contributed by atoms with Crippen LogP contribution in [0.15, 0.2) is 0 Å². The Hall–Kier alpha value is 0.460. The van der Waals surface area contributed by atoms with Crippen LogP contribution in [0.4, 0.5) is 0 Å². The zero-order chi connectivity index (χ0) is 12.6. The summed E-state index contributed by atoms with van der Waals surface area (Å²) in [5.74, 6) is 0. The average Bonchev–Trinajstić information content (AvgIpc) is 2.17. The molecule has 0 aromatic carbocycles. The van der Waals surface area contributed by atoms with Gasteiger partial charge in [0.2, 0.25) is 7.94 Å². The molecule has 97 valence electrons. The Morgan fingerprint density at radius 3 is 2.19 bits per heavy atom. The Balaban J connectivity index is 2.85. The van der Waals surface area contributed by atoms with E-state index in [1.165, 1.54) is 13.6 Å². The molecule has 0 spiro atoms. The zero-order valence-electron chi connectivity index (χ0n) is 9.66. The zero-order valence-corrected chi connectivity index (χ0v) is 11.4. The number of hydrogen-bond donors (Lipinski definition) is 3. The maximum absolute atomic E-state index is 11.3. The smallest absolute Gasteiger partial charge is 0.329 e. The van der Waals surface area contributed by atoms with Crippen LogP contribution in [0.3, 0.4) is 0 Å². The third kappa shape index (κ3) is 3.02. The summed E-state index contributed by atoms with van der Waals surface area (Å²) in [4.78, 5) is 28.0. The van der Waals surface area contributed by atoms with Crippen LogP contribution in [0.5, 0.6) is 0 Å². The van der Waals surface area contributed by atoms with E-state index in [0.717, 1.165) is 0 Å². The lowest BCUT2D eigenvalue weighted by Crippen LogP contribution is -2.44. The number of hydrogen-bond acceptors (Lipinski definition) is 4. The molecule has 0 aromatic rings. The molecule has 0 amide bonds. The van der Waals surface area contributed by atoms with E-state index in [-0.39, 0.29) is 13.2 Å². The van der Waals surface area contributed by atoms with Crippen molar-refractivity contribution in [2.75, 3.05) is 19.9 Å². The van der Waals surface area contributed by atoms with E-state index >= 15 is 0 Å². The van der Waals surface area contributed by atoms with Crippen LogP contribution in [-0.4, -0.2) is 40.2 Å². The standard InChI is InChI=1S/C8H19O6P2/c1-4-8(7(2)16(10,11)12)5-13-15(3,9)14-6-8/h7,9H,4-6H2,1-3H3,(H2,10,11,12). The SMILES string of the molecule is CCC1(C(C)P(=O)(O)O)CO[P](C)(O)OC1. The molecular formula is C8H19O6P2. The van der Waals surface area contributed by atoms with Crippen molar-refractivity contribution in [3.63, 3.8) is 0 Å². The van der Waals surface area contributed by atoms with Gasteiger partial charge in [0.15, 0.2) is 0 Å². The first kappa shape index (κ1) is 14.5. The molecule has 16 heavy (non-hydrogen) atoms. The molecule has 0 saturated carbocycles. The Bertz CT molecular complexity index is 289. The summed E-state index contributed by atoms with van der Waals surface area (Å²) in [6.45, 7) is 5.04. The van der Waals surface area contributed by atoms with Gasteiger partial charge in [0.1, 0.15) is 0 Å². The van der Waals surface area contributed by atoms with Crippen molar-refractivity contribution in [1.29, 1.82) is 0 Å². The van der Waals surface area contributed by atoms with Crippen LogP contribution in [0, 0.1) is 5.41 Å². The highest BCUT2D eigenvalue weighted by atomic mass is 31.2. The van der Waals surface area contributed by atoms with Gasteiger partial charge in [0, 0.05) is 12.1 Å². The Morgan fingerprint density at radius 1 is 1.44 bits per heavy atom. The summed E-state index contributed by atoms with van der Waals surface area (Å²) in [6.07, 6.45) is 0.527. The largest absolute Gasteiger partial charge is 0.336 e. The predicted octanol–water partition coefficient (Wildman–Crippen LogP) is 1.38. The van der Waals surface area contributed by atoms with Crippen LogP contribution in [0.2, 0.25) is 0 Å². The molecule has 3 N–H and O–H groups in total. The maximum atomic E-state index is 11.3. The molecule has 1 rings (SSSR count). The van der Waals surface area contributed by atoms with Gasteiger partial charge < -0.3 is 23.7 Å². The summed E-state index contributed by atoms with van der Waals surface area (Å²) in [5, 5.41) is 0. The molecule has 1 saturated heterocycles. The lowest BCUT2D eigenvalue weighted by atomic mass is 9.84. The van der Waals surface area contributed by atoms with Crippen molar-refractivity contribution in [1.82, 2.24) is 0 Å². The minimum absolute atomic E-state index is 0.122. The monoisotopic (exact) mass is 273 g/mol. The Kier molecular flexibility index (Phi) is 4.19. The molecule has 1 heterocycles. The molecule has 6 nitrogen and oxygen atoms in total. The second-order valence-electron chi connectivity index (χ2n) is 4.33. The fourth-order valence-electron chi connectivity index (χ4n) is 1.67. The fraction of sp³-hybridized carbons (Fsp3) is 1.00. The molecule has 0 bridgehead atoms. The van der Waals surface area contributed by atoms with Crippen LogP contribution in [0.1, 0.15) is 20.3 Å². The van der Waals surface area contributed by atoms with Gasteiger partial charge in [0.25, 0.3) is 0 Å². The summed E-state index contributed by atoms with van der Waals surface area (Å²) >= 11 is 0. The molecular weight excluding hydrogens is 254 g/mol. The van der Waals surface area contributed by atoms with Crippen molar-refractivity contribution in [3.05, 3.63) is 0 Å². The van der Waals surface area contributed by atoms with Gasteiger partial charge in [-0.2, -0.15) is 0 Å². The van der Waals surface area contributed by atoms with Crippen molar-refractivity contribution in [2.24, 2.45) is 5.41 Å². The van der Waals surface area contributed by atoms with E-state index in [0.29, 0.717) is 6.42 Å². The normalized spacial score (nSPS) is 38.4. The van der Waals surface area contributed by atoms with E-state index in [4.69, 9.17) is 9.05 Å². The Morgan fingerprint density at radius 2 is 1.88 bits per heavy atom. The topological polar surface area (TPSA) is 96.2 Å². The molecule has 1 unspecified atom stereocenters. The summed E-state index contributed by atoms with van der Waals surface area (Å²) in [5.41, 5.74) is -1.56. The first-order valence-electron chi connectivity index (χ1n) is 5.06. The predicted molar refractivity (Wildman–Crippen MR) is 61.2 cm³/mol. The maximum Gasteiger partial charge on any atom is 0.329 e. The first-order chi connectivity index (χ1) is 7.13. The highest BCUT2D eigenvalue weighted by molar-refractivity contribution is 7.59. The molecule has 1 atom stereocenters. The van der Waals surface area contributed by atoms with E-state index in [2.05, 4.69) is 0 Å². The van der Waals surface area contributed by atoms with Crippen molar-refractivity contribution in [3.8, 4) is 0 Å². The molecule has 0 aliphatic carbocycles. The highest BCUT2D eigenvalue weighted by Crippen LogP contribution is 2.62. The van der Waals surface area contributed by atoms with Crippen molar-refractivity contribution < 1.29 is 28.3 Å². The lowest BCUT2D eigenvalue weighted by molar-refractivity contribution is -0.00118. The molecule has 0 aromatic heterocycles. The second kappa shape index (κ2) is 4.62. The third-order valence-corrected chi connectivity index (χ3v) is 6.05. The van der Waals surface area contributed by atoms with Crippen molar-refractivity contribution in [2.45, 2.75) is 25.9 Å². The van der Waals surface area contributed by atoms with Crippen LogP contribution >= 0.6 is 15.5 Å². The minimum atomic E-state index is -4.18. The summed E-state index contributed by atoms with van der Waals surface area (Å²) in [7, 11) is -6.95. The summed E-state index contributed by atoms with van der Waals surface area (Å²) in [6, 6.07) is 0. The molecule has 1 aliphatic heterocycles. The second-order valence-corrected chi connectivity index (χ2v) is 8.41. The summed E-state index contributed by atoms with van der Waals surface area (Å²) < 4.78 is 21.7. The lowest BCUT2D eigenvalue weighted by Gasteiger charge is -2.45. The van der Waals surface area contributed by atoms with Gasteiger partial charge in [0.05, 0.1) is 18.9 Å². The highest BCUT2D eigenvalue weighted by Gasteiger charge is 2.49. The first-order valence-corrected chi connectivity index (χ1v) is 8.77. The third-order valence-electron chi connectivity index (χ3n) is 3.28. The van der Waals surface area contributed by atoms with E-state index in [1.54, 1.807) is 0 Å². The van der Waals surface area contributed by atoms with Crippen LogP contribution < -0.4 is 0 Å². The average molecular weight is 273 g/mol. The van der Waals surface area contributed by atoms with Gasteiger partial charge in [-0.25, -0.2) is 0 Å². The van der Waals surface area contributed by atoms with Gasteiger partial charge >= 0.3 is 7.60 Å². The minimum Gasteiger partial charge on any atom is -0.336 e. The van der Waals surface area contributed by atoms with Crippen LogP contribution in [-0.2, 0) is 13.6 Å². The molecule has 1 aliphatic rings. The molecule has 1 radical (unpaired) electrons. The molecule has 1 fully saturated rings. The van der Waals surface area contributed by atoms with Gasteiger partial charge in [-0.05, 0) is 6.42 Å². The van der Waals surface area contributed by atoms with Crippen molar-refractivity contribution >= 4 is 15.5 Å². The molecule has 8 heteroatoms. The number of rotatable bonds is 3. The van der Waals surface area contributed by atoms with E-state index in [9.17, 15) is 19.2 Å². The van der Waals surface area contributed by atoms with Gasteiger partial charge in [-0.1, -0.05) is 13.8 Å². The van der Waals surface area contributed by atoms with E-state index in [1.807, 2.05) is 6.92 Å². The quantitative estimate of drug-likeness (QED) is 0.672. The fourth-order valence-corrected chi connectivity index (χ4v) is 3.79. The van der Waals surface area contributed by atoms with E-state index < -0.39 is 26.6 Å². The Labute approximate surface area is 95.7 Å². The van der Waals surface area contributed by atoms with Gasteiger partial charge in [-0.3, -0.25) is 4.57 Å². The van der Waals surface area contributed by atoms with Crippen LogP contribution in [0.25, 0.3) is 0 Å².